The fraction of sp³-hybridized carbons (Fsp3) is 0.143. The largest absolute Gasteiger partial charge is 0.497 e. The Kier molecular flexibility index (Phi) is 6.32. The third-order valence-corrected chi connectivity index (χ3v) is 5.96. The van der Waals surface area contributed by atoms with Crippen LogP contribution in [-0.4, -0.2) is 41.3 Å². The summed E-state index contributed by atoms with van der Waals surface area (Å²) in [6.45, 7) is 0.137. The molecule has 8 heteroatoms. The zero-order chi connectivity index (χ0) is 25.1. The van der Waals surface area contributed by atoms with Gasteiger partial charge in [-0.1, -0.05) is 24.3 Å². The van der Waals surface area contributed by atoms with Crippen LogP contribution >= 0.6 is 0 Å². The first kappa shape index (κ1) is 23.0. The van der Waals surface area contributed by atoms with Crippen molar-refractivity contribution >= 4 is 34.2 Å². The summed E-state index contributed by atoms with van der Waals surface area (Å²) in [6.07, 6.45) is 2.00. The number of ether oxygens (including phenoxy) is 2. The lowest BCUT2D eigenvalue weighted by atomic mass is 9.94. The fourth-order valence-electron chi connectivity index (χ4n) is 4.22. The van der Waals surface area contributed by atoms with E-state index in [4.69, 9.17) is 9.47 Å². The van der Waals surface area contributed by atoms with Gasteiger partial charge < -0.3 is 14.8 Å². The Hall–Kier alpha value is -4.72. The third kappa shape index (κ3) is 4.48. The van der Waals surface area contributed by atoms with Gasteiger partial charge in [0.1, 0.15) is 17.2 Å². The van der Waals surface area contributed by atoms with Crippen LogP contribution in [0.1, 0.15) is 33.6 Å². The number of nitrogens with zero attached hydrogens (tertiary/aromatic N) is 2. The average Bonchev–Trinajstić information content (AvgIpc) is 2.90. The second kappa shape index (κ2) is 9.87. The van der Waals surface area contributed by atoms with E-state index in [0.29, 0.717) is 40.1 Å². The highest BCUT2D eigenvalue weighted by Gasteiger charge is 2.32. The summed E-state index contributed by atoms with van der Waals surface area (Å²) in [4.78, 5) is 44.1. The number of hydrogen-bond donors (Lipinski definition) is 1. The Bertz CT molecular complexity index is 1420. The van der Waals surface area contributed by atoms with Gasteiger partial charge in [-0.3, -0.25) is 19.3 Å². The van der Waals surface area contributed by atoms with E-state index in [9.17, 15) is 14.4 Å². The molecule has 0 fully saturated rings. The number of nitrogens with one attached hydrogen (secondary N) is 1. The number of imide groups is 1. The maximum atomic E-state index is 13.0. The number of rotatable bonds is 8. The van der Waals surface area contributed by atoms with Crippen LogP contribution in [0.2, 0.25) is 0 Å². The van der Waals surface area contributed by atoms with E-state index in [2.05, 4.69) is 10.3 Å². The van der Waals surface area contributed by atoms with Gasteiger partial charge in [-0.15, -0.1) is 0 Å². The minimum Gasteiger partial charge on any atom is -0.497 e. The molecule has 36 heavy (non-hydrogen) atoms. The Morgan fingerprint density at radius 1 is 0.889 bits per heavy atom. The van der Waals surface area contributed by atoms with Crippen molar-refractivity contribution in [3.63, 3.8) is 0 Å². The van der Waals surface area contributed by atoms with E-state index >= 15 is 0 Å². The molecular weight excluding hydrogens is 458 g/mol. The zero-order valence-corrected chi connectivity index (χ0v) is 19.6. The Morgan fingerprint density at radius 2 is 1.56 bits per heavy atom. The van der Waals surface area contributed by atoms with E-state index in [1.807, 2.05) is 12.1 Å². The van der Waals surface area contributed by atoms with Gasteiger partial charge in [0, 0.05) is 35.7 Å². The molecule has 8 nitrogen and oxygen atoms in total. The smallest absolute Gasteiger partial charge is 0.261 e. The number of methoxy groups -OCH3 is 1. The predicted octanol–water partition coefficient (Wildman–Crippen LogP) is 5.05. The quantitative estimate of drug-likeness (QED) is 0.354. The summed E-state index contributed by atoms with van der Waals surface area (Å²) in [6, 6.07) is 21.2. The first-order chi connectivity index (χ1) is 17.5. The van der Waals surface area contributed by atoms with E-state index in [-0.39, 0.29) is 36.6 Å². The highest BCUT2D eigenvalue weighted by atomic mass is 16.5. The van der Waals surface area contributed by atoms with E-state index < -0.39 is 0 Å². The summed E-state index contributed by atoms with van der Waals surface area (Å²) in [5.41, 5.74) is 1.43. The summed E-state index contributed by atoms with van der Waals surface area (Å²) < 4.78 is 11.0. The third-order valence-electron chi connectivity index (χ3n) is 5.96. The average molecular weight is 482 g/mol. The number of benzene rings is 3. The van der Waals surface area contributed by atoms with Crippen LogP contribution in [0.4, 0.5) is 5.69 Å². The van der Waals surface area contributed by atoms with Gasteiger partial charge in [-0.25, -0.2) is 4.98 Å². The van der Waals surface area contributed by atoms with Gasteiger partial charge in [0.2, 0.25) is 11.8 Å². The van der Waals surface area contributed by atoms with Gasteiger partial charge in [0.05, 0.1) is 7.11 Å². The van der Waals surface area contributed by atoms with Crippen molar-refractivity contribution in [1.29, 1.82) is 0 Å². The molecule has 1 aliphatic heterocycles. The van der Waals surface area contributed by atoms with Crippen LogP contribution in [0.5, 0.6) is 17.4 Å². The fourth-order valence-corrected chi connectivity index (χ4v) is 4.22. The number of hydrogen-bond acceptors (Lipinski definition) is 6. The molecule has 5 rings (SSSR count). The van der Waals surface area contributed by atoms with E-state index in [1.54, 1.807) is 74.0 Å². The molecule has 3 aromatic carbocycles. The summed E-state index contributed by atoms with van der Waals surface area (Å²) >= 11 is 0. The number of aromatic nitrogens is 1. The number of pyridine rings is 1. The van der Waals surface area contributed by atoms with Crippen LogP contribution in [-0.2, 0) is 4.79 Å². The molecule has 4 aromatic rings. The van der Waals surface area contributed by atoms with Gasteiger partial charge in [-0.2, -0.15) is 0 Å². The van der Waals surface area contributed by atoms with Crippen LogP contribution in [0, 0.1) is 0 Å². The Morgan fingerprint density at radius 3 is 2.22 bits per heavy atom. The van der Waals surface area contributed by atoms with Crippen LogP contribution in [0.3, 0.4) is 0 Å². The number of amides is 3. The molecule has 0 aliphatic carbocycles. The lowest BCUT2D eigenvalue weighted by Gasteiger charge is -2.27. The number of carbonyl (C=O) groups excluding carboxylic acids is 3. The molecule has 1 aliphatic rings. The normalized spacial score (nSPS) is 12.5. The topological polar surface area (TPSA) is 97.8 Å². The summed E-state index contributed by atoms with van der Waals surface area (Å²) in [7, 11) is 1.58. The Labute approximate surface area is 207 Å². The van der Waals surface area contributed by atoms with Gasteiger partial charge in [-0.05, 0) is 60.3 Å². The Balaban J connectivity index is 1.22. The highest BCUT2D eigenvalue weighted by Crippen LogP contribution is 2.31. The molecule has 1 aromatic heterocycles. The number of anilines is 1. The second-order valence-electron chi connectivity index (χ2n) is 8.26. The first-order valence-electron chi connectivity index (χ1n) is 11.5. The highest BCUT2D eigenvalue weighted by molar-refractivity contribution is 6.25. The van der Waals surface area contributed by atoms with Crippen molar-refractivity contribution in [3.05, 3.63) is 90.1 Å². The zero-order valence-electron chi connectivity index (χ0n) is 19.6. The van der Waals surface area contributed by atoms with Crippen molar-refractivity contribution in [3.8, 4) is 17.4 Å². The molecule has 1 N–H and O–H groups in total. The molecule has 0 spiro atoms. The predicted molar refractivity (Wildman–Crippen MR) is 134 cm³/mol. The maximum Gasteiger partial charge on any atom is 0.261 e. The molecule has 0 unspecified atom stereocenters. The molecule has 0 saturated heterocycles. The van der Waals surface area contributed by atoms with Crippen molar-refractivity contribution in [1.82, 2.24) is 9.88 Å². The SMILES string of the molecule is COc1ccc(Oc2ncccc2NC(=O)CCCN2C(=O)c3cccc4cccc(c34)C2=O)cc1. The van der Waals surface area contributed by atoms with Crippen molar-refractivity contribution in [2.75, 3.05) is 19.0 Å². The maximum absolute atomic E-state index is 13.0. The summed E-state index contributed by atoms with van der Waals surface area (Å²) in [5.74, 6) is 0.536. The molecular formula is C28H23N3O5. The molecule has 3 amide bonds. The molecule has 0 bridgehead atoms. The molecule has 0 radical (unpaired) electrons. The van der Waals surface area contributed by atoms with E-state index in [0.717, 1.165) is 5.39 Å². The minimum atomic E-state index is -0.341. The van der Waals surface area contributed by atoms with Crippen LogP contribution in [0.15, 0.2) is 79.0 Å². The van der Waals surface area contributed by atoms with Crippen molar-refractivity contribution in [2.45, 2.75) is 12.8 Å². The molecule has 2 heterocycles. The standard InChI is InChI=1S/C28H23N3O5/c1-35-19-12-14-20(15-13-19)36-26-23(10-4-16-29-26)30-24(32)11-5-17-31-27(33)21-8-2-6-18-7-3-9-22(25(18)21)28(31)34/h2-4,6-10,12-16H,5,11,17H2,1H3,(H,30,32). The van der Waals surface area contributed by atoms with E-state index in [1.165, 1.54) is 4.90 Å². The first-order valence-corrected chi connectivity index (χ1v) is 11.5. The van der Waals surface area contributed by atoms with Crippen LogP contribution < -0.4 is 14.8 Å². The monoisotopic (exact) mass is 481 g/mol. The van der Waals surface area contributed by atoms with Gasteiger partial charge in [0.15, 0.2) is 0 Å². The van der Waals surface area contributed by atoms with Gasteiger partial charge >= 0.3 is 0 Å². The molecule has 180 valence electrons. The lowest BCUT2D eigenvalue weighted by molar-refractivity contribution is -0.116. The van der Waals surface area contributed by atoms with Crippen LogP contribution in [0.25, 0.3) is 10.8 Å². The summed E-state index contributed by atoms with van der Waals surface area (Å²) in [5, 5.41) is 4.35. The lowest BCUT2D eigenvalue weighted by Crippen LogP contribution is -2.41. The van der Waals surface area contributed by atoms with Crippen molar-refractivity contribution < 1.29 is 23.9 Å². The number of carbonyl (C=O) groups is 3. The molecule has 0 saturated carbocycles. The minimum absolute atomic E-state index is 0.111. The molecule has 0 atom stereocenters. The van der Waals surface area contributed by atoms with Crippen molar-refractivity contribution in [2.24, 2.45) is 0 Å². The van der Waals surface area contributed by atoms with Gasteiger partial charge in [0.25, 0.3) is 11.8 Å². The second-order valence-corrected chi connectivity index (χ2v) is 8.26.